The van der Waals surface area contributed by atoms with Gasteiger partial charge < -0.3 is 5.11 Å². The fraction of sp³-hybridized carbons (Fsp3) is 0.200. The first kappa shape index (κ1) is 13.2. The number of nitrogens with zero attached hydrogens (tertiary/aromatic N) is 4. The number of pyridine rings is 1. The topological polar surface area (TPSA) is 80.9 Å². The van der Waals surface area contributed by atoms with Gasteiger partial charge >= 0.3 is 5.97 Å². The molecular weight excluding hydrogens is 268 g/mol. The van der Waals surface area contributed by atoms with Gasteiger partial charge in [0, 0.05) is 17.8 Å². The molecule has 0 saturated heterocycles. The highest BCUT2D eigenvalue weighted by Crippen LogP contribution is 2.26. The zero-order valence-electron chi connectivity index (χ0n) is 11.7. The molecule has 0 radical (unpaired) electrons. The number of carboxylic acid groups (broad SMARTS) is 1. The summed E-state index contributed by atoms with van der Waals surface area (Å²) in [4.78, 5) is 15.4. The summed E-state index contributed by atoms with van der Waals surface area (Å²) >= 11 is 0. The second-order valence-corrected chi connectivity index (χ2v) is 5.07. The second kappa shape index (κ2) is 4.97. The van der Waals surface area contributed by atoms with Crippen molar-refractivity contribution < 1.29 is 9.90 Å². The van der Waals surface area contributed by atoms with Crippen LogP contribution in [0.4, 0.5) is 0 Å². The Bertz CT molecular complexity index is 818. The fourth-order valence-electron chi connectivity index (χ4n) is 2.42. The van der Waals surface area contributed by atoms with Crippen LogP contribution in [-0.2, 0) is 0 Å². The highest BCUT2D eigenvalue weighted by molar-refractivity contribution is 5.90. The molecule has 6 nitrogen and oxygen atoms in total. The van der Waals surface area contributed by atoms with Gasteiger partial charge in [-0.15, -0.1) is 5.10 Å². The standard InChI is InChI=1S/C15H14N4O2/c1-9(2)14-13(15(20)21)17-18-19(14)12-5-3-4-10-6-7-16-8-11(10)12/h3-9H,1-2H3,(H,20,21). The molecule has 0 saturated carbocycles. The Morgan fingerprint density at radius 1 is 1.29 bits per heavy atom. The summed E-state index contributed by atoms with van der Waals surface area (Å²) in [6.45, 7) is 3.84. The summed E-state index contributed by atoms with van der Waals surface area (Å²) in [5, 5.41) is 19.0. The van der Waals surface area contributed by atoms with E-state index in [9.17, 15) is 9.90 Å². The normalized spacial score (nSPS) is 11.2. The highest BCUT2D eigenvalue weighted by Gasteiger charge is 2.23. The number of aromatic nitrogens is 4. The van der Waals surface area contributed by atoms with Gasteiger partial charge in [-0.1, -0.05) is 31.2 Å². The first-order chi connectivity index (χ1) is 10.1. The molecular formula is C15H14N4O2. The van der Waals surface area contributed by atoms with E-state index in [0.717, 1.165) is 16.5 Å². The number of hydrogen-bond donors (Lipinski definition) is 1. The van der Waals surface area contributed by atoms with Crippen LogP contribution in [-0.4, -0.2) is 31.1 Å². The third-order valence-electron chi connectivity index (χ3n) is 3.34. The number of benzene rings is 1. The highest BCUT2D eigenvalue weighted by atomic mass is 16.4. The molecule has 0 unspecified atom stereocenters. The Hall–Kier alpha value is -2.76. The third kappa shape index (κ3) is 2.14. The van der Waals surface area contributed by atoms with E-state index < -0.39 is 5.97 Å². The summed E-state index contributed by atoms with van der Waals surface area (Å²) in [6.07, 6.45) is 3.47. The van der Waals surface area contributed by atoms with E-state index in [1.54, 1.807) is 17.1 Å². The molecule has 3 rings (SSSR count). The minimum Gasteiger partial charge on any atom is -0.476 e. The molecule has 21 heavy (non-hydrogen) atoms. The van der Waals surface area contributed by atoms with E-state index in [2.05, 4.69) is 15.3 Å². The molecule has 0 aliphatic carbocycles. The molecule has 2 aromatic heterocycles. The van der Waals surface area contributed by atoms with E-state index in [1.165, 1.54) is 0 Å². The summed E-state index contributed by atoms with van der Waals surface area (Å²) in [6, 6.07) is 7.67. The molecule has 1 N–H and O–H groups in total. The number of carbonyl (C=O) groups is 1. The molecule has 2 heterocycles. The lowest BCUT2D eigenvalue weighted by Gasteiger charge is -2.11. The third-order valence-corrected chi connectivity index (χ3v) is 3.34. The number of rotatable bonds is 3. The smallest absolute Gasteiger partial charge is 0.358 e. The molecule has 1 aromatic carbocycles. The van der Waals surface area contributed by atoms with E-state index in [0.29, 0.717) is 5.69 Å². The lowest BCUT2D eigenvalue weighted by atomic mass is 10.1. The number of hydrogen-bond acceptors (Lipinski definition) is 4. The summed E-state index contributed by atoms with van der Waals surface area (Å²) in [5.41, 5.74) is 1.36. The van der Waals surface area contributed by atoms with Crippen molar-refractivity contribution in [3.63, 3.8) is 0 Å². The van der Waals surface area contributed by atoms with Crippen LogP contribution in [0.15, 0.2) is 36.7 Å². The van der Waals surface area contributed by atoms with Crippen LogP contribution in [0.1, 0.15) is 35.9 Å². The van der Waals surface area contributed by atoms with E-state index >= 15 is 0 Å². The van der Waals surface area contributed by atoms with Crippen molar-refractivity contribution >= 4 is 16.7 Å². The van der Waals surface area contributed by atoms with Gasteiger partial charge in [0.2, 0.25) is 0 Å². The number of carboxylic acids is 1. The molecule has 106 valence electrons. The van der Waals surface area contributed by atoms with Crippen LogP contribution in [0.5, 0.6) is 0 Å². The lowest BCUT2D eigenvalue weighted by molar-refractivity contribution is 0.0688. The molecule has 0 aliphatic rings. The first-order valence-corrected chi connectivity index (χ1v) is 6.61. The summed E-state index contributed by atoms with van der Waals surface area (Å²) < 4.78 is 1.60. The molecule has 0 spiro atoms. The van der Waals surface area contributed by atoms with Crippen LogP contribution >= 0.6 is 0 Å². The van der Waals surface area contributed by atoms with Crippen LogP contribution < -0.4 is 0 Å². The van der Waals surface area contributed by atoms with Gasteiger partial charge in [0.05, 0.1) is 11.4 Å². The van der Waals surface area contributed by atoms with Crippen molar-refractivity contribution in [3.05, 3.63) is 48.0 Å². The maximum Gasteiger partial charge on any atom is 0.358 e. The van der Waals surface area contributed by atoms with Gasteiger partial charge in [-0.2, -0.15) is 0 Å². The van der Waals surface area contributed by atoms with Crippen molar-refractivity contribution in [2.45, 2.75) is 19.8 Å². The predicted octanol–water partition coefficient (Wildman–Crippen LogP) is 2.64. The molecule has 6 heteroatoms. The predicted molar refractivity (Wildman–Crippen MR) is 77.7 cm³/mol. The quantitative estimate of drug-likeness (QED) is 0.798. The number of fused-ring (bicyclic) bond motifs is 1. The zero-order valence-corrected chi connectivity index (χ0v) is 11.7. The molecule has 0 amide bonds. The molecule has 3 aromatic rings. The largest absolute Gasteiger partial charge is 0.476 e. The maximum absolute atomic E-state index is 11.3. The van der Waals surface area contributed by atoms with Crippen LogP contribution in [0.3, 0.4) is 0 Å². The molecule has 0 fully saturated rings. The number of aromatic carboxylic acids is 1. The maximum atomic E-state index is 11.3. The Morgan fingerprint density at radius 3 is 2.81 bits per heavy atom. The van der Waals surface area contributed by atoms with Gasteiger partial charge in [-0.3, -0.25) is 4.98 Å². The summed E-state index contributed by atoms with van der Waals surface area (Å²) in [7, 11) is 0. The molecule has 0 bridgehead atoms. The average molecular weight is 282 g/mol. The second-order valence-electron chi connectivity index (χ2n) is 5.07. The van der Waals surface area contributed by atoms with Crippen LogP contribution in [0.2, 0.25) is 0 Å². The van der Waals surface area contributed by atoms with Gasteiger partial charge in [0.25, 0.3) is 0 Å². The fourth-order valence-corrected chi connectivity index (χ4v) is 2.42. The van der Waals surface area contributed by atoms with Gasteiger partial charge in [-0.05, 0) is 23.4 Å². The van der Waals surface area contributed by atoms with E-state index in [4.69, 9.17) is 0 Å². The van der Waals surface area contributed by atoms with Crippen molar-refractivity contribution in [1.29, 1.82) is 0 Å². The Labute approximate surface area is 121 Å². The minimum absolute atomic E-state index is 0.00843. The van der Waals surface area contributed by atoms with Crippen molar-refractivity contribution in [1.82, 2.24) is 20.0 Å². The lowest BCUT2D eigenvalue weighted by Crippen LogP contribution is -2.08. The monoisotopic (exact) mass is 282 g/mol. The molecule has 0 aliphatic heterocycles. The van der Waals surface area contributed by atoms with Crippen molar-refractivity contribution in [2.24, 2.45) is 0 Å². The van der Waals surface area contributed by atoms with Crippen LogP contribution in [0.25, 0.3) is 16.5 Å². The SMILES string of the molecule is CC(C)c1c(C(=O)O)nnn1-c1cccc2ccncc12. The van der Waals surface area contributed by atoms with Crippen molar-refractivity contribution in [2.75, 3.05) is 0 Å². The summed E-state index contributed by atoms with van der Waals surface area (Å²) in [5.74, 6) is -1.08. The Kier molecular flexibility index (Phi) is 3.13. The zero-order chi connectivity index (χ0) is 15.0. The van der Waals surface area contributed by atoms with E-state index in [1.807, 2.05) is 38.1 Å². The Morgan fingerprint density at radius 2 is 2.10 bits per heavy atom. The van der Waals surface area contributed by atoms with Crippen LogP contribution in [0, 0.1) is 0 Å². The van der Waals surface area contributed by atoms with Gasteiger partial charge in [0.15, 0.2) is 5.69 Å². The average Bonchev–Trinajstić information content (AvgIpc) is 2.91. The molecule has 0 atom stereocenters. The van der Waals surface area contributed by atoms with Crippen molar-refractivity contribution in [3.8, 4) is 5.69 Å². The minimum atomic E-state index is -1.07. The van der Waals surface area contributed by atoms with Gasteiger partial charge in [0.1, 0.15) is 0 Å². The Balaban J connectivity index is 2.31. The van der Waals surface area contributed by atoms with Gasteiger partial charge in [-0.25, -0.2) is 9.48 Å². The first-order valence-electron chi connectivity index (χ1n) is 6.61. The van der Waals surface area contributed by atoms with E-state index in [-0.39, 0.29) is 11.6 Å².